The monoisotopic (exact) mass is 310 g/mol. The highest BCUT2D eigenvalue weighted by Gasteiger charge is 2.15. The standard InChI is InChI=1S/C18H18N2O3/c1-11-4-7-15(8-5-11)22-12(2)18(21)20-14-6-9-17-16(10-14)19-13(3)23-17/h4-10,12H,1-3H3,(H,20,21). The molecule has 5 nitrogen and oxygen atoms in total. The van der Waals surface area contributed by atoms with Gasteiger partial charge in [-0.3, -0.25) is 4.79 Å². The number of carbonyl (C=O) groups is 1. The SMILES string of the molecule is Cc1ccc(OC(C)C(=O)Nc2ccc3oc(C)nc3c2)cc1. The van der Waals surface area contributed by atoms with Crippen LogP contribution in [-0.2, 0) is 4.79 Å². The van der Waals surface area contributed by atoms with Gasteiger partial charge >= 0.3 is 0 Å². The molecule has 118 valence electrons. The Balaban J connectivity index is 1.67. The molecule has 0 saturated heterocycles. The number of nitrogens with zero attached hydrogens (tertiary/aromatic N) is 1. The van der Waals surface area contributed by atoms with E-state index in [-0.39, 0.29) is 5.91 Å². The van der Waals surface area contributed by atoms with Gasteiger partial charge in [0.15, 0.2) is 17.6 Å². The summed E-state index contributed by atoms with van der Waals surface area (Å²) in [6.07, 6.45) is -0.604. The number of ether oxygens (including phenoxy) is 1. The lowest BCUT2D eigenvalue weighted by Crippen LogP contribution is -2.30. The van der Waals surface area contributed by atoms with Gasteiger partial charge in [-0.25, -0.2) is 4.98 Å². The van der Waals surface area contributed by atoms with Crippen LogP contribution in [-0.4, -0.2) is 17.0 Å². The van der Waals surface area contributed by atoms with Crippen molar-refractivity contribution in [3.63, 3.8) is 0 Å². The molecule has 0 radical (unpaired) electrons. The van der Waals surface area contributed by atoms with Crippen LogP contribution < -0.4 is 10.1 Å². The summed E-state index contributed by atoms with van der Waals surface area (Å²) >= 11 is 0. The number of oxazole rings is 1. The van der Waals surface area contributed by atoms with Crippen molar-refractivity contribution in [1.82, 2.24) is 4.98 Å². The Morgan fingerprint density at radius 1 is 1.17 bits per heavy atom. The summed E-state index contributed by atoms with van der Waals surface area (Å²) in [6, 6.07) is 12.9. The predicted molar refractivity (Wildman–Crippen MR) is 88.6 cm³/mol. The Morgan fingerprint density at radius 3 is 2.65 bits per heavy atom. The average Bonchev–Trinajstić information content (AvgIpc) is 2.88. The minimum Gasteiger partial charge on any atom is -0.481 e. The predicted octanol–water partition coefficient (Wildman–Crippen LogP) is 3.85. The Kier molecular flexibility index (Phi) is 4.02. The minimum atomic E-state index is -0.604. The molecule has 1 N–H and O–H groups in total. The third kappa shape index (κ3) is 3.51. The van der Waals surface area contributed by atoms with Crippen molar-refractivity contribution in [3.8, 4) is 5.75 Å². The van der Waals surface area contributed by atoms with Gasteiger partial charge in [-0.15, -0.1) is 0 Å². The molecule has 0 spiro atoms. The van der Waals surface area contributed by atoms with Gasteiger partial charge < -0.3 is 14.5 Å². The van der Waals surface area contributed by atoms with E-state index in [9.17, 15) is 4.79 Å². The molecule has 1 amide bonds. The van der Waals surface area contributed by atoms with E-state index in [1.807, 2.05) is 31.2 Å². The quantitative estimate of drug-likeness (QED) is 0.795. The van der Waals surface area contributed by atoms with Gasteiger partial charge in [0.1, 0.15) is 11.3 Å². The van der Waals surface area contributed by atoms with Gasteiger partial charge in [-0.05, 0) is 44.2 Å². The summed E-state index contributed by atoms with van der Waals surface area (Å²) in [6.45, 7) is 5.51. The molecule has 0 bridgehead atoms. The first-order valence-corrected chi connectivity index (χ1v) is 7.42. The highest BCUT2D eigenvalue weighted by Crippen LogP contribution is 2.20. The van der Waals surface area contributed by atoms with Gasteiger partial charge in [0, 0.05) is 12.6 Å². The molecular weight excluding hydrogens is 292 g/mol. The zero-order valence-electron chi connectivity index (χ0n) is 13.3. The van der Waals surface area contributed by atoms with E-state index in [4.69, 9.17) is 9.15 Å². The van der Waals surface area contributed by atoms with Crippen LogP contribution in [0, 0.1) is 13.8 Å². The molecule has 0 saturated carbocycles. The van der Waals surface area contributed by atoms with Gasteiger partial charge in [0.05, 0.1) is 0 Å². The number of fused-ring (bicyclic) bond motifs is 1. The lowest BCUT2D eigenvalue weighted by Gasteiger charge is -2.14. The van der Waals surface area contributed by atoms with Crippen molar-refractivity contribution in [1.29, 1.82) is 0 Å². The molecule has 0 aliphatic heterocycles. The fourth-order valence-corrected chi connectivity index (χ4v) is 2.24. The Labute approximate surface area is 134 Å². The number of amides is 1. The third-order valence-electron chi connectivity index (χ3n) is 3.47. The van der Waals surface area contributed by atoms with E-state index in [2.05, 4.69) is 10.3 Å². The van der Waals surface area contributed by atoms with Crippen molar-refractivity contribution in [3.05, 3.63) is 53.9 Å². The summed E-state index contributed by atoms with van der Waals surface area (Å²) in [4.78, 5) is 16.5. The Morgan fingerprint density at radius 2 is 1.91 bits per heavy atom. The maximum atomic E-state index is 12.2. The number of benzene rings is 2. The molecule has 1 unspecified atom stereocenters. The summed E-state index contributed by atoms with van der Waals surface area (Å²) in [5.41, 5.74) is 3.22. The molecule has 2 aromatic carbocycles. The second-order valence-corrected chi connectivity index (χ2v) is 5.48. The fourth-order valence-electron chi connectivity index (χ4n) is 2.24. The first-order chi connectivity index (χ1) is 11.0. The zero-order valence-corrected chi connectivity index (χ0v) is 13.3. The van der Waals surface area contributed by atoms with E-state index >= 15 is 0 Å². The number of hydrogen-bond acceptors (Lipinski definition) is 4. The van der Waals surface area contributed by atoms with Crippen LogP contribution in [0.5, 0.6) is 5.75 Å². The normalized spacial score (nSPS) is 12.1. The minimum absolute atomic E-state index is 0.217. The van der Waals surface area contributed by atoms with Gasteiger partial charge in [0.25, 0.3) is 5.91 Å². The number of carbonyl (C=O) groups excluding carboxylic acids is 1. The van der Waals surface area contributed by atoms with Crippen molar-refractivity contribution >= 4 is 22.7 Å². The summed E-state index contributed by atoms with van der Waals surface area (Å²) in [5.74, 6) is 1.05. The first kappa shape index (κ1) is 15.1. The maximum absolute atomic E-state index is 12.2. The van der Waals surface area contributed by atoms with Crippen molar-refractivity contribution in [2.75, 3.05) is 5.32 Å². The Bertz CT molecular complexity index is 837. The van der Waals surface area contributed by atoms with E-state index in [0.29, 0.717) is 28.4 Å². The van der Waals surface area contributed by atoms with Gasteiger partial charge in [-0.2, -0.15) is 0 Å². The van der Waals surface area contributed by atoms with Crippen molar-refractivity contribution in [2.24, 2.45) is 0 Å². The highest BCUT2D eigenvalue weighted by molar-refractivity contribution is 5.95. The lowest BCUT2D eigenvalue weighted by molar-refractivity contribution is -0.122. The van der Waals surface area contributed by atoms with Gasteiger partial charge in [0.2, 0.25) is 0 Å². The number of anilines is 1. The molecule has 23 heavy (non-hydrogen) atoms. The second-order valence-electron chi connectivity index (χ2n) is 5.48. The fraction of sp³-hybridized carbons (Fsp3) is 0.222. The van der Waals surface area contributed by atoms with E-state index in [0.717, 1.165) is 5.56 Å². The summed E-state index contributed by atoms with van der Waals surface area (Å²) < 4.78 is 11.1. The average molecular weight is 310 g/mol. The molecule has 5 heteroatoms. The molecule has 1 heterocycles. The number of rotatable bonds is 4. The number of hydrogen-bond donors (Lipinski definition) is 1. The lowest BCUT2D eigenvalue weighted by atomic mass is 10.2. The molecule has 0 aliphatic rings. The van der Waals surface area contributed by atoms with Crippen LogP contribution in [0.1, 0.15) is 18.4 Å². The molecule has 1 aromatic heterocycles. The summed E-state index contributed by atoms with van der Waals surface area (Å²) in [5, 5.41) is 2.83. The largest absolute Gasteiger partial charge is 0.481 e. The molecule has 3 aromatic rings. The van der Waals surface area contributed by atoms with Crippen LogP contribution in [0.3, 0.4) is 0 Å². The molecule has 1 atom stereocenters. The zero-order chi connectivity index (χ0) is 16.4. The molecule has 0 fully saturated rings. The van der Waals surface area contributed by atoms with Gasteiger partial charge in [-0.1, -0.05) is 17.7 Å². The van der Waals surface area contributed by atoms with Crippen molar-refractivity contribution < 1.29 is 13.9 Å². The smallest absolute Gasteiger partial charge is 0.265 e. The topological polar surface area (TPSA) is 64.4 Å². The van der Waals surface area contributed by atoms with Crippen LogP contribution in [0.2, 0.25) is 0 Å². The number of aryl methyl sites for hydroxylation is 2. The number of aromatic nitrogens is 1. The molecular formula is C18H18N2O3. The van der Waals surface area contributed by atoms with E-state index < -0.39 is 6.10 Å². The van der Waals surface area contributed by atoms with Crippen LogP contribution in [0.4, 0.5) is 5.69 Å². The highest BCUT2D eigenvalue weighted by atomic mass is 16.5. The van der Waals surface area contributed by atoms with E-state index in [1.165, 1.54) is 0 Å². The first-order valence-electron chi connectivity index (χ1n) is 7.42. The van der Waals surface area contributed by atoms with Crippen LogP contribution in [0.25, 0.3) is 11.1 Å². The third-order valence-corrected chi connectivity index (χ3v) is 3.47. The number of nitrogens with one attached hydrogen (secondary N) is 1. The molecule has 3 rings (SSSR count). The second kappa shape index (κ2) is 6.12. The summed E-state index contributed by atoms with van der Waals surface area (Å²) in [7, 11) is 0. The molecule has 0 aliphatic carbocycles. The van der Waals surface area contributed by atoms with Crippen LogP contribution >= 0.6 is 0 Å². The van der Waals surface area contributed by atoms with E-state index in [1.54, 1.807) is 32.0 Å². The maximum Gasteiger partial charge on any atom is 0.265 e. The van der Waals surface area contributed by atoms with Crippen molar-refractivity contribution in [2.45, 2.75) is 26.9 Å². The van der Waals surface area contributed by atoms with Crippen LogP contribution in [0.15, 0.2) is 46.9 Å². The Hall–Kier alpha value is -2.82.